The maximum absolute atomic E-state index is 12.7. The molecule has 4 rings (SSSR count). The van der Waals surface area contributed by atoms with Crippen LogP contribution in [-0.4, -0.2) is 47.9 Å². The third-order valence-electron chi connectivity index (χ3n) is 5.08. The molecular formula is C18H22N2OS. The smallest absolute Gasteiger partial charge is 0.264 e. The average molecular weight is 314 g/mol. The normalized spacial score (nSPS) is 20.8. The third-order valence-corrected chi connectivity index (χ3v) is 6.18. The molecule has 1 aromatic carbocycles. The highest BCUT2D eigenvalue weighted by Crippen LogP contribution is 2.28. The molecule has 2 aromatic rings. The van der Waals surface area contributed by atoms with Crippen molar-refractivity contribution >= 4 is 27.3 Å². The van der Waals surface area contributed by atoms with Crippen molar-refractivity contribution in [3.8, 4) is 0 Å². The largest absolute Gasteiger partial charge is 0.335 e. The van der Waals surface area contributed by atoms with E-state index in [4.69, 9.17) is 0 Å². The van der Waals surface area contributed by atoms with Gasteiger partial charge in [0.05, 0.1) is 4.88 Å². The second kappa shape index (κ2) is 6.01. The number of thiophene rings is 1. The molecule has 4 heteroatoms. The summed E-state index contributed by atoms with van der Waals surface area (Å²) >= 11 is 1.62. The summed E-state index contributed by atoms with van der Waals surface area (Å²) < 4.78 is 1.20. The summed E-state index contributed by atoms with van der Waals surface area (Å²) in [7, 11) is 0. The van der Waals surface area contributed by atoms with Crippen LogP contribution in [0.1, 0.15) is 35.4 Å². The van der Waals surface area contributed by atoms with Crippen molar-refractivity contribution in [3.05, 3.63) is 35.2 Å². The molecule has 0 radical (unpaired) electrons. The summed E-state index contributed by atoms with van der Waals surface area (Å²) in [5, 5.41) is 1.18. The quantitative estimate of drug-likeness (QED) is 0.845. The van der Waals surface area contributed by atoms with Crippen molar-refractivity contribution < 1.29 is 4.79 Å². The first kappa shape index (κ1) is 14.2. The van der Waals surface area contributed by atoms with Gasteiger partial charge in [-0.05, 0) is 30.4 Å². The molecule has 1 aromatic heterocycles. The second-order valence-electron chi connectivity index (χ2n) is 6.41. The van der Waals surface area contributed by atoms with Gasteiger partial charge in [-0.15, -0.1) is 11.3 Å². The molecule has 1 aliphatic heterocycles. The van der Waals surface area contributed by atoms with E-state index in [-0.39, 0.29) is 5.91 Å². The number of fused-ring (bicyclic) bond motifs is 1. The zero-order valence-corrected chi connectivity index (χ0v) is 13.6. The number of hydrogen-bond acceptors (Lipinski definition) is 3. The van der Waals surface area contributed by atoms with E-state index in [0.717, 1.165) is 37.1 Å². The van der Waals surface area contributed by atoms with Crippen molar-refractivity contribution in [1.82, 2.24) is 9.80 Å². The molecule has 2 heterocycles. The molecule has 0 spiro atoms. The molecule has 1 saturated carbocycles. The Hall–Kier alpha value is -1.39. The lowest BCUT2D eigenvalue weighted by Crippen LogP contribution is -2.51. The van der Waals surface area contributed by atoms with Crippen LogP contribution in [0.2, 0.25) is 0 Å². The van der Waals surface area contributed by atoms with Crippen LogP contribution in [0.4, 0.5) is 0 Å². The fraction of sp³-hybridized carbons (Fsp3) is 0.500. The highest BCUT2D eigenvalue weighted by Gasteiger charge is 2.28. The number of piperazine rings is 1. The van der Waals surface area contributed by atoms with Crippen LogP contribution in [0.25, 0.3) is 10.1 Å². The molecule has 3 nitrogen and oxygen atoms in total. The summed E-state index contributed by atoms with van der Waals surface area (Å²) in [6.07, 6.45) is 5.46. The van der Waals surface area contributed by atoms with E-state index in [2.05, 4.69) is 17.0 Å². The number of carbonyl (C=O) groups is 1. The lowest BCUT2D eigenvalue weighted by molar-refractivity contribution is 0.0578. The third kappa shape index (κ3) is 2.66. The lowest BCUT2D eigenvalue weighted by Gasteiger charge is -2.37. The first-order chi connectivity index (χ1) is 10.8. The molecule has 2 fully saturated rings. The Morgan fingerprint density at radius 2 is 1.77 bits per heavy atom. The average Bonchev–Trinajstić information content (AvgIpc) is 3.23. The van der Waals surface area contributed by atoms with E-state index in [1.54, 1.807) is 11.3 Å². The van der Waals surface area contributed by atoms with E-state index in [1.165, 1.54) is 35.8 Å². The van der Waals surface area contributed by atoms with Crippen LogP contribution in [-0.2, 0) is 0 Å². The van der Waals surface area contributed by atoms with Crippen LogP contribution in [0, 0.1) is 0 Å². The van der Waals surface area contributed by atoms with Gasteiger partial charge in [-0.25, -0.2) is 0 Å². The number of rotatable bonds is 2. The number of benzene rings is 1. The Balaban J connectivity index is 1.43. The minimum Gasteiger partial charge on any atom is -0.335 e. The summed E-state index contributed by atoms with van der Waals surface area (Å²) in [6.45, 7) is 3.84. The van der Waals surface area contributed by atoms with E-state index >= 15 is 0 Å². The molecule has 0 atom stereocenters. The summed E-state index contributed by atoms with van der Waals surface area (Å²) in [5.74, 6) is 0.215. The fourth-order valence-electron chi connectivity index (χ4n) is 3.80. The topological polar surface area (TPSA) is 23.6 Å². The van der Waals surface area contributed by atoms with Gasteiger partial charge < -0.3 is 4.90 Å². The van der Waals surface area contributed by atoms with E-state index < -0.39 is 0 Å². The Bertz CT molecular complexity index is 634. The minimum atomic E-state index is 0.215. The lowest BCUT2D eigenvalue weighted by atomic mass is 10.1. The Morgan fingerprint density at radius 1 is 1.05 bits per heavy atom. The predicted octanol–water partition coefficient (Wildman–Crippen LogP) is 3.60. The van der Waals surface area contributed by atoms with Gasteiger partial charge in [0.15, 0.2) is 0 Å². The minimum absolute atomic E-state index is 0.215. The van der Waals surface area contributed by atoms with Crippen LogP contribution in [0.3, 0.4) is 0 Å². The van der Waals surface area contributed by atoms with Gasteiger partial charge in [0.25, 0.3) is 5.91 Å². The van der Waals surface area contributed by atoms with Crippen molar-refractivity contribution in [1.29, 1.82) is 0 Å². The SMILES string of the molecule is O=C(c1cc2ccccc2s1)N1CCN(C2CCCC2)CC1. The molecule has 0 N–H and O–H groups in total. The Labute approximate surface area is 135 Å². The van der Waals surface area contributed by atoms with E-state index in [0.29, 0.717) is 0 Å². The molecule has 1 aliphatic carbocycles. The summed E-state index contributed by atoms with van der Waals surface area (Å²) in [6, 6.07) is 11.1. The van der Waals surface area contributed by atoms with Crippen LogP contribution >= 0.6 is 11.3 Å². The Morgan fingerprint density at radius 3 is 2.50 bits per heavy atom. The first-order valence-electron chi connectivity index (χ1n) is 8.33. The number of carbonyl (C=O) groups excluding carboxylic acids is 1. The monoisotopic (exact) mass is 314 g/mol. The van der Waals surface area contributed by atoms with Crippen LogP contribution in [0.5, 0.6) is 0 Å². The van der Waals surface area contributed by atoms with Crippen LogP contribution in [0.15, 0.2) is 30.3 Å². The van der Waals surface area contributed by atoms with Gasteiger partial charge >= 0.3 is 0 Å². The first-order valence-corrected chi connectivity index (χ1v) is 9.15. The molecule has 0 unspecified atom stereocenters. The zero-order valence-electron chi connectivity index (χ0n) is 12.8. The molecule has 0 bridgehead atoms. The number of hydrogen-bond donors (Lipinski definition) is 0. The second-order valence-corrected chi connectivity index (χ2v) is 7.50. The summed E-state index contributed by atoms with van der Waals surface area (Å²) in [4.78, 5) is 18.2. The number of nitrogens with zero attached hydrogens (tertiary/aromatic N) is 2. The van der Waals surface area contributed by atoms with Gasteiger partial charge in [-0.1, -0.05) is 31.0 Å². The van der Waals surface area contributed by atoms with Gasteiger partial charge in [0.2, 0.25) is 0 Å². The maximum atomic E-state index is 12.7. The fourth-order valence-corrected chi connectivity index (χ4v) is 4.83. The Kier molecular flexibility index (Phi) is 3.89. The van der Waals surface area contributed by atoms with Crippen molar-refractivity contribution in [2.24, 2.45) is 0 Å². The highest BCUT2D eigenvalue weighted by molar-refractivity contribution is 7.20. The zero-order chi connectivity index (χ0) is 14.9. The predicted molar refractivity (Wildman–Crippen MR) is 91.6 cm³/mol. The number of amides is 1. The van der Waals surface area contributed by atoms with Gasteiger partial charge in [-0.2, -0.15) is 0 Å². The molecule has 22 heavy (non-hydrogen) atoms. The molecule has 1 amide bonds. The highest BCUT2D eigenvalue weighted by atomic mass is 32.1. The van der Waals surface area contributed by atoms with E-state index in [1.807, 2.05) is 23.1 Å². The van der Waals surface area contributed by atoms with Crippen molar-refractivity contribution in [3.63, 3.8) is 0 Å². The van der Waals surface area contributed by atoms with Gasteiger partial charge in [0, 0.05) is 36.9 Å². The van der Waals surface area contributed by atoms with E-state index in [9.17, 15) is 4.79 Å². The van der Waals surface area contributed by atoms with Crippen molar-refractivity contribution in [2.75, 3.05) is 26.2 Å². The maximum Gasteiger partial charge on any atom is 0.264 e. The van der Waals surface area contributed by atoms with Crippen LogP contribution < -0.4 is 0 Å². The molecular weight excluding hydrogens is 292 g/mol. The molecule has 116 valence electrons. The van der Waals surface area contributed by atoms with Crippen molar-refractivity contribution in [2.45, 2.75) is 31.7 Å². The molecule has 1 saturated heterocycles. The van der Waals surface area contributed by atoms with Gasteiger partial charge in [0.1, 0.15) is 0 Å². The molecule has 2 aliphatic rings. The summed E-state index contributed by atoms with van der Waals surface area (Å²) in [5.41, 5.74) is 0. The standard InChI is InChI=1S/C18H22N2OS/c21-18(17-13-14-5-1-4-8-16(14)22-17)20-11-9-19(10-12-20)15-6-2-3-7-15/h1,4-5,8,13,15H,2-3,6-7,9-12H2. The van der Waals surface area contributed by atoms with Gasteiger partial charge in [-0.3, -0.25) is 9.69 Å².